The Hall–Kier alpha value is -2.15. The Morgan fingerprint density at radius 3 is 2.90 bits per heavy atom. The van der Waals surface area contributed by atoms with E-state index in [-0.39, 0.29) is 5.69 Å². The molecule has 2 aromatic rings. The predicted octanol–water partition coefficient (Wildman–Crippen LogP) is 0.569. The van der Waals surface area contributed by atoms with Crippen LogP contribution in [-0.2, 0) is 0 Å². The zero-order valence-corrected chi connectivity index (χ0v) is 11.4. The van der Waals surface area contributed by atoms with E-state index in [1.165, 1.54) is 10.7 Å². The van der Waals surface area contributed by atoms with Gasteiger partial charge in [0.1, 0.15) is 5.82 Å². The van der Waals surface area contributed by atoms with Crippen molar-refractivity contribution in [3.63, 3.8) is 0 Å². The van der Waals surface area contributed by atoms with Gasteiger partial charge in [0.2, 0.25) is 0 Å². The summed E-state index contributed by atoms with van der Waals surface area (Å²) in [6.45, 7) is 3.88. The largest absolute Gasteiger partial charge is 0.476 e. The Balaban J connectivity index is 1.95. The Morgan fingerprint density at radius 1 is 1.25 bits per heavy atom. The number of hydrogen-bond acceptors (Lipinski definition) is 5. The maximum absolute atomic E-state index is 11.1. The molecule has 106 valence electrons. The van der Waals surface area contributed by atoms with Crippen LogP contribution in [0, 0.1) is 0 Å². The van der Waals surface area contributed by atoms with E-state index in [0.29, 0.717) is 5.65 Å². The van der Waals surface area contributed by atoms with Crippen LogP contribution in [-0.4, -0.2) is 63.8 Å². The molecule has 0 saturated carbocycles. The summed E-state index contributed by atoms with van der Waals surface area (Å²) in [6.07, 6.45) is 2.41. The second kappa shape index (κ2) is 5.09. The number of fused-ring (bicyclic) bond motifs is 1. The average molecular weight is 275 g/mol. The normalized spacial score (nSPS) is 17.4. The van der Waals surface area contributed by atoms with Crippen molar-refractivity contribution in [2.75, 3.05) is 38.1 Å². The van der Waals surface area contributed by atoms with Gasteiger partial charge in [-0.05, 0) is 32.1 Å². The molecule has 3 rings (SSSR count). The van der Waals surface area contributed by atoms with E-state index in [1.807, 2.05) is 12.1 Å². The molecule has 1 N–H and O–H groups in total. The SMILES string of the molecule is CN1CCCN(c2ccc3ncc(C(=O)O)n3n2)CC1. The molecule has 0 atom stereocenters. The molecule has 1 fully saturated rings. The number of carboxylic acids is 1. The summed E-state index contributed by atoms with van der Waals surface area (Å²) in [5.74, 6) is -0.217. The van der Waals surface area contributed by atoms with Gasteiger partial charge in [0.25, 0.3) is 0 Å². The smallest absolute Gasteiger partial charge is 0.356 e. The second-order valence-electron chi connectivity index (χ2n) is 5.05. The molecule has 1 saturated heterocycles. The fourth-order valence-corrected chi connectivity index (χ4v) is 2.45. The number of likely N-dealkylation sites (N-methyl/N-ethyl adjacent to an activating group) is 1. The number of carbonyl (C=O) groups is 1. The van der Waals surface area contributed by atoms with Crippen LogP contribution >= 0.6 is 0 Å². The van der Waals surface area contributed by atoms with Crippen LogP contribution in [0.4, 0.5) is 5.82 Å². The fraction of sp³-hybridized carbons (Fsp3) is 0.462. The Bertz CT molecular complexity index is 639. The Morgan fingerprint density at radius 2 is 2.10 bits per heavy atom. The van der Waals surface area contributed by atoms with Gasteiger partial charge >= 0.3 is 5.97 Å². The lowest BCUT2D eigenvalue weighted by Gasteiger charge is -2.21. The number of aromatic carboxylic acids is 1. The molecule has 20 heavy (non-hydrogen) atoms. The minimum Gasteiger partial charge on any atom is -0.476 e. The topological polar surface area (TPSA) is 74.0 Å². The van der Waals surface area contributed by atoms with Crippen molar-refractivity contribution in [3.8, 4) is 0 Å². The first-order valence-corrected chi connectivity index (χ1v) is 6.67. The van der Waals surface area contributed by atoms with Crippen LogP contribution in [0.2, 0.25) is 0 Å². The van der Waals surface area contributed by atoms with Gasteiger partial charge in [0.15, 0.2) is 11.3 Å². The third kappa shape index (κ3) is 2.32. The van der Waals surface area contributed by atoms with Gasteiger partial charge in [0.05, 0.1) is 6.20 Å². The molecule has 7 heteroatoms. The molecule has 7 nitrogen and oxygen atoms in total. The van der Waals surface area contributed by atoms with E-state index in [4.69, 9.17) is 5.11 Å². The van der Waals surface area contributed by atoms with Gasteiger partial charge in [-0.1, -0.05) is 0 Å². The van der Waals surface area contributed by atoms with Crippen LogP contribution in [0.15, 0.2) is 18.3 Å². The van der Waals surface area contributed by atoms with Crippen molar-refractivity contribution >= 4 is 17.4 Å². The third-order valence-corrected chi connectivity index (χ3v) is 3.61. The van der Waals surface area contributed by atoms with Gasteiger partial charge in [-0.2, -0.15) is 0 Å². The van der Waals surface area contributed by atoms with Crippen molar-refractivity contribution in [2.45, 2.75) is 6.42 Å². The van der Waals surface area contributed by atoms with E-state index >= 15 is 0 Å². The summed E-state index contributed by atoms with van der Waals surface area (Å²) in [6, 6.07) is 3.71. The van der Waals surface area contributed by atoms with Crippen molar-refractivity contribution in [1.29, 1.82) is 0 Å². The summed E-state index contributed by atoms with van der Waals surface area (Å²) < 4.78 is 1.40. The zero-order valence-electron chi connectivity index (χ0n) is 11.4. The van der Waals surface area contributed by atoms with Gasteiger partial charge in [-0.3, -0.25) is 0 Å². The van der Waals surface area contributed by atoms with Crippen molar-refractivity contribution in [3.05, 3.63) is 24.0 Å². The monoisotopic (exact) mass is 275 g/mol. The molecule has 0 aromatic carbocycles. The molecule has 0 aliphatic carbocycles. The number of nitrogens with zero attached hydrogens (tertiary/aromatic N) is 5. The minimum atomic E-state index is -1.02. The average Bonchev–Trinajstić information content (AvgIpc) is 2.73. The fourth-order valence-electron chi connectivity index (χ4n) is 2.45. The second-order valence-corrected chi connectivity index (χ2v) is 5.05. The van der Waals surface area contributed by atoms with Gasteiger partial charge in [0, 0.05) is 19.6 Å². The van der Waals surface area contributed by atoms with E-state index in [1.54, 1.807) is 0 Å². The Kier molecular flexibility index (Phi) is 3.27. The summed E-state index contributed by atoms with van der Waals surface area (Å²) in [7, 11) is 2.11. The Labute approximate surface area is 116 Å². The molecule has 2 aromatic heterocycles. The highest BCUT2D eigenvalue weighted by Gasteiger charge is 2.16. The van der Waals surface area contributed by atoms with Gasteiger partial charge in [-0.15, -0.1) is 5.10 Å². The summed E-state index contributed by atoms with van der Waals surface area (Å²) >= 11 is 0. The molecule has 1 aliphatic heterocycles. The van der Waals surface area contributed by atoms with Crippen LogP contribution < -0.4 is 4.90 Å². The lowest BCUT2D eigenvalue weighted by molar-refractivity contribution is 0.0688. The lowest BCUT2D eigenvalue weighted by Crippen LogP contribution is -2.29. The van der Waals surface area contributed by atoms with Gasteiger partial charge in [-0.25, -0.2) is 14.3 Å². The highest BCUT2D eigenvalue weighted by atomic mass is 16.4. The third-order valence-electron chi connectivity index (χ3n) is 3.61. The summed E-state index contributed by atoms with van der Waals surface area (Å²) in [5, 5.41) is 13.6. The van der Waals surface area contributed by atoms with Crippen LogP contribution in [0.5, 0.6) is 0 Å². The van der Waals surface area contributed by atoms with Crippen LogP contribution in [0.25, 0.3) is 5.65 Å². The summed E-state index contributed by atoms with van der Waals surface area (Å²) in [5.41, 5.74) is 0.645. The minimum absolute atomic E-state index is 0.0915. The van der Waals surface area contributed by atoms with E-state index in [0.717, 1.165) is 38.4 Å². The first-order chi connectivity index (χ1) is 9.65. The maximum atomic E-state index is 11.1. The molecule has 0 unspecified atom stereocenters. The van der Waals surface area contributed by atoms with Crippen LogP contribution in [0.1, 0.15) is 16.9 Å². The quantitative estimate of drug-likeness (QED) is 0.863. The molecule has 3 heterocycles. The molecule has 0 amide bonds. The number of aromatic nitrogens is 3. The van der Waals surface area contributed by atoms with E-state index in [2.05, 4.69) is 26.9 Å². The molecular weight excluding hydrogens is 258 g/mol. The maximum Gasteiger partial charge on any atom is 0.356 e. The summed E-state index contributed by atoms with van der Waals surface area (Å²) in [4.78, 5) is 19.7. The molecule has 1 aliphatic rings. The predicted molar refractivity (Wildman–Crippen MR) is 74.3 cm³/mol. The highest BCUT2D eigenvalue weighted by Crippen LogP contribution is 2.15. The molecule has 0 bridgehead atoms. The van der Waals surface area contributed by atoms with Gasteiger partial charge < -0.3 is 14.9 Å². The highest BCUT2D eigenvalue weighted by molar-refractivity contribution is 5.86. The molecular formula is C13H17N5O2. The standard InChI is InChI=1S/C13H17N5O2/c1-16-5-2-6-17(8-7-16)12-4-3-11-14-9-10(13(19)20)18(11)15-12/h3-4,9H,2,5-8H2,1H3,(H,19,20). The zero-order chi connectivity index (χ0) is 14.1. The first kappa shape index (κ1) is 12.9. The van der Waals surface area contributed by atoms with Crippen molar-refractivity contribution < 1.29 is 9.90 Å². The molecule has 0 radical (unpaired) electrons. The number of carboxylic acid groups (broad SMARTS) is 1. The van der Waals surface area contributed by atoms with Crippen molar-refractivity contribution in [2.24, 2.45) is 0 Å². The van der Waals surface area contributed by atoms with Crippen LogP contribution in [0.3, 0.4) is 0 Å². The van der Waals surface area contributed by atoms with Crippen molar-refractivity contribution in [1.82, 2.24) is 19.5 Å². The number of hydrogen-bond donors (Lipinski definition) is 1. The lowest BCUT2D eigenvalue weighted by atomic mass is 10.3. The molecule has 0 spiro atoms. The van der Waals surface area contributed by atoms with E-state index < -0.39 is 5.97 Å². The van der Waals surface area contributed by atoms with E-state index in [9.17, 15) is 4.79 Å². The first-order valence-electron chi connectivity index (χ1n) is 6.67. The number of rotatable bonds is 2. The number of imidazole rings is 1. The number of anilines is 1.